The van der Waals surface area contributed by atoms with Gasteiger partial charge in [0.15, 0.2) is 11.5 Å². The Balaban J connectivity index is 2.38. The monoisotopic (exact) mass is 459 g/mol. The Morgan fingerprint density at radius 3 is 2.62 bits per heavy atom. The summed E-state index contributed by atoms with van der Waals surface area (Å²) >= 11 is 3.12. The molecular formula is C17H18INO4S. The Morgan fingerprint density at radius 1 is 1.29 bits per heavy atom. The molecule has 0 aliphatic carbocycles. The van der Waals surface area contributed by atoms with Gasteiger partial charge in [0, 0.05) is 6.54 Å². The van der Waals surface area contributed by atoms with Crippen molar-refractivity contribution in [1.29, 1.82) is 0 Å². The van der Waals surface area contributed by atoms with Gasteiger partial charge in [0.05, 0.1) is 15.1 Å². The van der Waals surface area contributed by atoms with Crippen molar-refractivity contribution < 1.29 is 19.1 Å². The summed E-state index contributed by atoms with van der Waals surface area (Å²) in [5, 5.41) is -0.237. The molecule has 0 bridgehead atoms. The van der Waals surface area contributed by atoms with Crippen molar-refractivity contribution in [3.8, 4) is 11.5 Å². The first-order valence-electron chi connectivity index (χ1n) is 7.47. The van der Waals surface area contributed by atoms with Crippen LogP contribution in [-0.4, -0.2) is 35.8 Å². The molecule has 2 rings (SSSR count). The van der Waals surface area contributed by atoms with Crippen LogP contribution in [0, 0.1) is 3.57 Å². The van der Waals surface area contributed by atoms with E-state index in [0.717, 1.165) is 20.9 Å². The van der Waals surface area contributed by atoms with E-state index in [4.69, 9.17) is 9.47 Å². The summed E-state index contributed by atoms with van der Waals surface area (Å²) < 4.78 is 12.2. The van der Waals surface area contributed by atoms with Gasteiger partial charge in [-0.25, -0.2) is 0 Å². The zero-order valence-electron chi connectivity index (χ0n) is 13.5. The number of nitrogens with zero attached hydrogens (tertiary/aromatic N) is 1. The first-order chi connectivity index (χ1) is 11.5. The smallest absolute Gasteiger partial charge is 0.293 e. The van der Waals surface area contributed by atoms with E-state index in [1.54, 1.807) is 19.1 Å². The number of halogens is 1. The summed E-state index contributed by atoms with van der Waals surface area (Å²) in [4.78, 5) is 25.6. The number of rotatable bonds is 7. The summed E-state index contributed by atoms with van der Waals surface area (Å²) in [5.74, 6) is 0.996. The summed E-state index contributed by atoms with van der Waals surface area (Å²) in [6.07, 6.45) is 3.38. The van der Waals surface area contributed by atoms with Gasteiger partial charge in [0.1, 0.15) is 6.61 Å². The third-order valence-electron chi connectivity index (χ3n) is 3.16. The summed E-state index contributed by atoms with van der Waals surface area (Å²) in [6.45, 7) is 8.56. The third kappa shape index (κ3) is 4.13. The summed E-state index contributed by atoms with van der Waals surface area (Å²) in [6, 6.07) is 3.70. The van der Waals surface area contributed by atoms with Crippen LogP contribution in [0.2, 0.25) is 0 Å². The van der Waals surface area contributed by atoms with Crippen molar-refractivity contribution in [3.05, 3.63) is 38.8 Å². The maximum Gasteiger partial charge on any atom is 0.293 e. The Kier molecular flexibility index (Phi) is 6.73. The van der Waals surface area contributed by atoms with E-state index in [0.29, 0.717) is 36.2 Å². The average Bonchev–Trinajstić information content (AvgIpc) is 2.80. The molecule has 0 saturated carbocycles. The van der Waals surface area contributed by atoms with E-state index < -0.39 is 0 Å². The topological polar surface area (TPSA) is 55.8 Å². The standard InChI is InChI=1S/C17H18INO4S/c1-4-7-23-15-12(18)8-11(9-13(15)22-6-3)10-14-16(20)19(5-2)17(21)24-14/h4,8-10H,1,5-7H2,2-3H3/b14-10-. The van der Waals surface area contributed by atoms with Crippen LogP contribution in [-0.2, 0) is 4.79 Å². The largest absolute Gasteiger partial charge is 0.490 e. The fraction of sp³-hybridized carbons (Fsp3) is 0.294. The predicted molar refractivity (Wildman–Crippen MR) is 104 cm³/mol. The van der Waals surface area contributed by atoms with Gasteiger partial charge in [-0.3, -0.25) is 14.5 Å². The highest BCUT2D eigenvalue weighted by Crippen LogP contribution is 2.37. The van der Waals surface area contributed by atoms with Crippen LogP contribution in [0.3, 0.4) is 0 Å². The van der Waals surface area contributed by atoms with E-state index in [1.807, 2.05) is 19.1 Å². The van der Waals surface area contributed by atoms with E-state index in [2.05, 4.69) is 29.2 Å². The molecule has 1 fully saturated rings. The molecule has 0 atom stereocenters. The maximum absolute atomic E-state index is 12.2. The Hall–Kier alpha value is -1.48. The Bertz CT molecular complexity index is 702. The zero-order valence-corrected chi connectivity index (χ0v) is 16.5. The van der Waals surface area contributed by atoms with E-state index >= 15 is 0 Å². The minimum absolute atomic E-state index is 0.237. The van der Waals surface area contributed by atoms with Gasteiger partial charge in [-0.15, -0.1) is 0 Å². The molecule has 1 aliphatic heterocycles. The van der Waals surface area contributed by atoms with Crippen molar-refractivity contribution >= 4 is 51.6 Å². The highest BCUT2D eigenvalue weighted by molar-refractivity contribution is 14.1. The first kappa shape index (κ1) is 18.9. The molecule has 0 N–H and O–H groups in total. The number of carbonyl (C=O) groups excluding carboxylic acids is 2. The fourth-order valence-electron chi connectivity index (χ4n) is 2.14. The zero-order chi connectivity index (χ0) is 17.7. The van der Waals surface area contributed by atoms with E-state index in [9.17, 15) is 9.59 Å². The summed E-state index contributed by atoms with van der Waals surface area (Å²) in [5.41, 5.74) is 0.787. The van der Waals surface area contributed by atoms with Crippen molar-refractivity contribution in [1.82, 2.24) is 4.90 Å². The summed E-state index contributed by atoms with van der Waals surface area (Å²) in [7, 11) is 0. The highest BCUT2D eigenvalue weighted by Gasteiger charge is 2.33. The molecule has 2 amide bonds. The molecule has 7 heteroatoms. The lowest BCUT2D eigenvalue weighted by molar-refractivity contribution is -0.122. The molecule has 128 valence electrons. The molecule has 0 aromatic heterocycles. The molecule has 1 aromatic rings. The second kappa shape index (κ2) is 8.57. The van der Waals surface area contributed by atoms with Crippen LogP contribution in [0.15, 0.2) is 29.7 Å². The quantitative estimate of drug-likeness (QED) is 0.346. The van der Waals surface area contributed by atoms with Crippen molar-refractivity contribution in [2.45, 2.75) is 13.8 Å². The van der Waals surface area contributed by atoms with E-state index in [1.165, 1.54) is 4.90 Å². The van der Waals surface area contributed by atoms with Gasteiger partial charge >= 0.3 is 0 Å². The lowest BCUT2D eigenvalue weighted by Crippen LogP contribution is -2.27. The lowest BCUT2D eigenvalue weighted by Gasteiger charge is -2.14. The second-order valence-corrected chi connectivity index (χ2v) is 6.94. The van der Waals surface area contributed by atoms with Crippen molar-refractivity contribution in [3.63, 3.8) is 0 Å². The number of likely N-dealkylation sites (N-methyl/N-ethyl adjacent to an activating group) is 1. The van der Waals surface area contributed by atoms with Crippen molar-refractivity contribution in [2.75, 3.05) is 19.8 Å². The number of carbonyl (C=O) groups is 2. The number of imide groups is 1. The number of ether oxygens (including phenoxy) is 2. The molecular weight excluding hydrogens is 441 g/mol. The predicted octanol–water partition coefficient (Wildman–Crippen LogP) is 4.31. The van der Waals surface area contributed by atoms with Crippen molar-refractivity contribution in [2.24, 2.45) is 0 Å². The average molecular weight is 459 g/mol. The van der Waals surface area contributed by atoms with Crippen LogP contribution < -0.4 is 9.47 Å². The van der Waals surface area contributed by atoms with Gasteiger partial charge in [-0.2, -0.15) is 0 Å². The molecule has 1 saturated heterocycles. The molecule has 1 aliphatic rings. The number of thioether (sulfide) groups is 1. The van der Waals surface area contributed by atoms with Crippen LogP contribution >= 0.6 is 34.4 Å². The third-order valence-corrected chi connectivity index (χ3v) is 4.87. The minimum Gasteiger partial charge on any atom is -0.490 e. The van der Waals surface area contributed by atoms with Gasteiger partial charge in [0.25, 0.3) is 11.1 Å². The van der Waals surface area contributed by atoms with Gasteiger partial charge in [-0.1, -0.05) is 12.7 Å². The Labute approximate surface area is 159 Å². The molecule has 0 radical (unpaired) electrons. The fourth-order valence-corrected chi connectivity index (χ4v) is 3.82. The highest BCUT2D eigenvalue weighted by atomic mass is 127. The normalized spacial score (nSPS) is 16.0. The molecule has 1 aromatic carbocycles. The first-order valence-corrected chi connectivity index (χ1v) is 9.36. The van der Waals surface area contributed by atoms with Gasteiger partial charge < -0.3 is 9.47 Å². The van der Waals surface area contributed by atoms with Crippen LogP contribution in [0.25, 0.3) is 6.08 Å². The molecule has 0 spiro atoms. The maximum atomic E-state index is 12.2. The van der Waals surface area contributed by atoms with Crippen LogP contribution in [0.5, 0.6) is 11.5 Å². The van der Waals surface area contributed by atoms with Gasteiger partial charge in [-0.05, 0) is 72.0 Å². The van der Waals surface area contributed by atoms with Gasteiger partial charge in [0.2, 0.25) is 0 Å². The molecule has 24 heavy (non-hydrogen) atoms. The number of hydrogen-bond donors (Lipinski definition) is 0. The Morgan fingerprint density at radius 2 is 2.04 bits per heavy atom. The SMILES string of the molecule is C=CCOc1c(I)cc(/C=C2\SC(=O)N(CC)C2=O)cc1OCC. The van der Waals surface area contributed by atoms with Crippen LogP contribution in [0.1, 0.15) is 19.4 Å². The molecule has 1 heterocycles. The second-order valence-electron chi connectivity index (χ2n) is 4.79. The van der Waals surface area contributed by atoms with E-state index in [-0.39, 0.29) is 11.1 Å². The number of benzene rings is 1. The molecule has 5 nitrogen and oxygen atoms in total. The minimum atomic E-state index is -0.257. The number of amides is 2. The van der Waals surface area contributed by atoms with Crippen LogP contribution in [0.4, 0.5) is 4.79 Å². The number of hydrogen-bond acceptors (Lipinski definition) is 5. The lowest BCUT2D eigenvalue weighted by atomic mass is 10.2. The molecule has 0 unspecified atom stereocenters.